The van der Waals surface area contributed by atoms with Crippen LogP contribution in [-0.4, -0.2) is 19.2 Å². The van der Waals surface area contributed by atoms with Gasteiger partial charge in [-0.15, -0.1) is 0 Å². The van der Waals surface area contributed by atoms with Crippen LogP contribution in [0.15, 0.2) is 30.3 Å². The lowest BCUT2D eigenvalue weighted by Gasteiger charge is -2.09. The Kier molecular flexibility index (Phi) is 3.08. The highest BCUT2D eigenvalue weighted by Crippen LogP contribution is 2.00. The Morgan fingerprint density at radius 2 is 1.82 bits per heavy atom. The standard InChI is InChI=1S/C9H13NO/c1-10(2)11-8-9-6-4-3-5-7-9/h3-7H,8H2,1-2H3. The maximum atomic E-state index is 5.26. The number of hydroxylamine groups is 2. The van der Waals surface area contributed by atoms with Gasteiger partial charge < -0.3 is 0 Å². The Morgan fingerprint density at radius 3 is 2.36 bits per heavy atom. The maximum Gasteiger partial charge on any atom is 0.0935 e. The van der Waals surface area contributed by atoms with Crippen molar-refractivity contribution < 1.29 is 4.84 Å². The molecule has 60 valence electrons. The molecular weight excluding hydrogens is 138 g/mol. The van der Waals surface area contributed by atoms with Crippen LogP contribution in [0.4, 0.5) is 0 Å². The van der Waals surface area contributed by atoms with E-state index >= 15 is 0 Å². The van der Waals surface area contributed by atoms with Crippen LogP contribution in [0.3, 0.4) is 0 Å². The summed E-state index contributed by atoms with van der Waals surface area (Å²) in [6.45, 7) is 0.647. The van der Waals surface area contributed by atoms with E-state index in [4.69, 9.17) is 4.84 Å². The lowest BCUT2D eigenvalue weighted by atomic mass is 10.2. The Balaban J connectivity index is 2.39. The fourth-order valence-corrected chi connectivity index (χ4v) is 0.778. The van der Waals surface area contributed by atoms with E-state index in [1.807, 2.05) is 44.4 Å². The zero-order chi connectivity index (χ0) is 8.10. The van der Waals surface area contributed by atoms with Gasteiger partial charge in [-0.05, 0) is 5.56 Å². The van der Waals surface area contributed by atoms with Gasteiger partial charge in [-0.1, -0.05) is 30.3 Å². The van der Waals surface area contributed by atoms with E-state index in [9.17, 15) is 0 Å². The van der Waals surface area contributed by atoms with Gasteiger partial charge in [-0.25, -0.2) is 0 Å². The van der Waals surface area contributed by atoms with Crippen molar-refractivity contribution in [1.29, 1.82) is 0 Å². The summed E-state index contributed by atoms with van der Waals surface area (Å²) >= 11 is 0. The van der Waals surface area contributed by atoms with Crippen LogP contribution in [0.5, 0.6) is 0 Å². The van der Waals surface area contributed by atoms with Crippen LogP contribution in [0, 0.1) is 0 Å². The SMILES string of the molecule is CN(C)OCc1ccccc1. The van der Waals surface area contributed by atoms with E-state index in [2.05, 4.69) is 0 Å². The minimum absolute atomic E-state index is 0.647. The van der Waals surface area contributed by atoms with Crippen molar-refractivity contribution in [3.05, 3.63) is 35.9 Å². The molecule has 0 N–H and O–H groups in total. The molecule has 2 nitrogen and oxygen atoms in total. The van der Waals surface area contributed by atoms with Crippen LogP contribution in [0.25, 0.3) is 0 Å². The van der Waals surface area contributed by atoms with Gasteiger partial charge >= 0.3 is 0 Å². The molecule has 0 heterocycles. The number of hydrogen-bond donors (Lipinski definition) is 0. The molecule has 0 saturated heterocycles. The molecule has 1 rings (SSSR count). The average molecular weight is 151 g/mol. The minimum Gasteiger partial charge on any atom is -0.295 e. The van der Waals surface area contributed by atoms with Crippen molar-refractivity contribution in [3.63, 3.8) is 0 Å². The molecule has 0 amide bonds. The summed E-state index contributed by atoms with van der Waals surface area (Å²) in [6.07, 6.45) is 0. The normalized spacial score (nSPS) is 10.5. The van der Waals surface area contributed by atoms with Gasteiger partial charge in [-0.2, -0.15) is 5.06 Å². The molecule has 0 aromatic heterocycles. The minimum atomic E-state index is 0.647. The summed E-state index contributed by atoms with van der Waals surface area (Å²) in [5, 5.41) is 1.70. The third-order valence-corrected chi connectivity index (χ3v) is 1.33. The van der Waals surface area contributed by atoms with Gasteiger partial charge in [0.2, 0.25) is 0 Å². The summed E-state index contributed by atoms with van der Waals surface area (Å²) in [6, 6.07) is 10.1. The molecule has 1 aromatic rings. The summed E-state index contributed by atoms with van der Waals surface area (Å²) in [5.74, 6) is 0. The Morgan fingerprint density at radius 1 is 1.18 bits per heavy atom. The second-order valence-electron chi connectivity index (χ2n) is 2.57. The predicted octanol–water partition coefficient (Wildman–Crippen LogP) is 1.68. The molecule has 11 heavy (non-hydrogen) atoms. The number of nitrogens with zero attached hydrogens (tertiary/aromatic N) is 1. The topological polar surface area (TPSA) is 12.5 Å². The molecule has 0 radical (unpaired) electrons. The highest BCUT2D eigenvalue weighted by molar-refractivity contribution is 5.13. The zero-order valence-corrected chi connectivity index (χ0v) is 6.95. The molecule has 0 fully saturated rings. The van der Waals surface area contributed by atoms with E-state index in [0.717, 1.165) is 0 Å². The van der Waals surface area contributed by atoms with Gasteiger partial charge in [0.15, 0.2) is 0 Å². The van der Waals surface area contributed by atoms with Crippen LogP contribution < -0.4 is 0 Å². The van der Waals surface area contributed by atoms with Crippen molar-refractivity contribution in [2.24, 2.45) is 0 Å². The van der Waals surface area contributed by atoms with Crippen molar-refractivity contribution in [2.75, 3.05) is 14.1 Å². The van der Waals surface area contributed by atoms with Gasteiger partial charge in [0.1, 0.15) is 0 Å². The Hall–Kier alpha value is -0.860. The molecule has 0 aliphatic rings. The molecule has 0 unspecified atom stereocenters. The molecule has 1 aromatic carbocycles. The molecule has 0 aliphatic heterocycles. The fraction of sp³-hybridized carbons (Fsp3) is 0.333. The van der Waals surface area contributed by atoms with E-state index < -0.39 is 0 Å². The zero-order valence-electron chi connectivity index (χ0n) is 6.95. The van der Waals surface area contributed by atoms with Crippen LogP contribution in [0.2, 0.25) is 0 Å². The van der Waals surface area contributed by atoms with Gasteiger partial charge in [0.05, 0.1) is 6.61 Å². The molecular formula is C9H13NO. The monoisotopic (exact) mass is 151 g/mol. The molecule has 0 saturated carbocycles. The van der Waals surface area contributed by atoms with Crippen LogP contribution in [-0.2, 0) is 11.4 Å². The average Bonchev–Trinajstić information content (AvgIpc) is 2.03. The second kappa shape index (κ2) is 4.11. The van der Waals surface area contributed by atoms with Gasteiger partial charge in [0, 0.05) is 14.1 Å². The first-order valence-corrected chi connectivity index (χ1v) is 3.63. The van der Waals surface area contributed by atoms with E-state index in [-0.39, 0.29) is 0 Å². The van der Waals surface area contributed by atoms with Crippen molar-refractivity contribution in [2.45, 2.75) is 6.61 Å². The van der Waals surface area contributed by atoms with Crippen molar-refractivity contribution >= 4 is 0 Å². The largest absolute Gasteiger partial charge is 0.295 e. The second-order valence-corrected chi connectivity index (χ2v) is 2.57. The molecule has 0 spiro atoms. The maximum absolute atomic E-state index is 5.26. The summed E-state index contributed by atoms with van der Waals surface area (Å²) in [4.78, 5) is 5.26. The lowest BCUT2D eigenvalue weighted by Crippen LogP contribution is -2.11. The van der Waals surface area contributed by atoms with E-state index in [1.165, 1.54) is 5.56 Å². The van der Waals surface area contributed by atoms with Crippen molar-refractivity contribution in [1.82, 2.24) is 5.06 Å². The van der Waals surface area contributed by atoms with Crippen LogP contribution in [0.1, 0.15) is 5.56 Å². The molecule has 2 heteroatoms. The molecule has 0 aliphatic carbocycles. The summed E-state index contributed by atoms with van der Waals surface area (Å²) in [5.41, 5.74) is 1.20. The predicted molar refractivity (Wildman–Crippen MR) is 44.9 cm³/mol. The number of rotatable bonds is 3. The van der Waals surface area contributed by atoms with Crippen LogP contribution >= 0.6 is 0 Å². The summed E-state index contributed by atoms with van der Waals surface area (Å²) < 4.78 is 0. The van der Waals surface area contributed by atoms with E-state index in [1.54, 1.807) is 5.06 Å². The first-order chi connectivity index (χ1) is 5.29. The smallest absolute Gasteiger partial charge is 0.0935 e. The number of benzene rings is 1. The number of hydrogen-bond acceptors (Lipinski definition) is 2. The highest BCUT2D eigenvalue weighted by Gasteiger charge is 1.91. The fourth-order valence-electron chi connectivity index (χ4n) is 0.778. The van der Waals surface area contributed by atoms with Crippen molar-refractivity contribution in [3.8, 4) is 0 Å². The van der Waals surface area contributed by atoms with Gasteiger partial charge in [-0.3, -0.25) is 4.84 Å². The third-order valence-electron chi connectivity index (χ3n) is 1.33. The first kappa shape index (κ1) is 8.24. The van der Waals surface area contributed by atoms with E-state index in [0.29, 0.717) is 6.61 Å². The third kappa shape index (κ3) is 3.16. The molecule has 0 bridgehead atoms. The first-order valence-electron chi connectivity index (χ1n) is 3.63. The quantitative estimate of drug-likeness (QED) is 0.609. The highest BCUT2D eigenvalue weighted by atomic mass is 16.7. The molecule has 0 atom stereocenters. The summed E-state index contributed by atoms with van der Waals surface area (Å²) in [7, 11) is 3.76. The Labute approximate surface area is 67.4 Å². The Bertz CT molecular complexity index is 196. The van der Waals surface area contributed by atoms with Gasteiger partial charge in [0.25, 0.3) is 0 Å². The lowest BCUT2D eigenvalue weighted by molar-refractivity contribution is -0.130.